The minimum atomic E-state index is 0.821. The highest BCUT2D eigenvalue weighted by Crippen LogP contribution is 2.15. The van der Waals surface area contributed by atoms with Crippen LogP contribution >= 0.6 is 11.3 Å². The Balaban J connectivity index is 1.95. The second kappa shape index (κ2) is 4.99. The molecule has 0 saturated carbocycles. The van der Waals surface area contributed by atoms with Crippen LogP contribution in [0.15, 0.2) is 35.8 Å². The summed E-state index contributed by atoms with van der Waals surface area (Å²) in [5, 5.41) is 6.22. The van der Waals surface area contributed by atoms with Crippen molar-refractivity contribution in [3.05, 3.63) is 41.4 Å². The van der Waals surface area contributed by atoms with E-state index in [1.807, 2.05) is 25.7 Å². The Kier molecular flexibility index (Phi) is 3.41. The first-order valence-electron chi connectivity index (χ1n) is 5.15. The van der Waals surface area contributed by atoms with Gasteiger partial charge in [-0.2, -0.15) is 0 Å². The summed E-state index contributed by atoms with van der Waals surface area (Å²) in [5.74, 6) is 0. The van der Waals surface area contributed by atoms with E-state index in [0.29, 0.717) is 0 Å². The first-order chi connectivity index (χ1) is 7.75. The van der Waals surface area contributed by atoms with Gasteiger partial charge in [0.05, 0.1) is 0 Å². The maximum Gasteiger partial charge on any atom is 0.182 e. The monoisotopic (exact) mass is 233 g/mol. The number of nitrogens with one attached hydrogen (secondary N) is 1. The normalized spacial score (nSPS) is 10.1. The highest BCUT2D eigenvalue weighted by Gasteiger charge is 1.97. The predicted molar refractivity (Wildman–Crippen MR) is 70.2 cm³/mol. The summed E-state index contributed by atoms with van der Waals surface area (Å²) in [5.41, 5.74) is 2.48. The van der Waals surface area contributed by atoms with E-state index < -0.39 is 0 Å². The van der Waals surface area contributed by atoms with Crippen molar-refractivity contribution in [1.29, 1.82) is 0 Å². The molecule has 0 saturated heterocycles. The van der Waals surface area contributed by atoms with Crippen LogP contribution in [0, 0.1) is 0 Å². The molecule has 2 rings (SSSR count). The van der Waals surface area contributed by atoms with Crippen LogP contribution in [-0.4, -0.2) is 19.1 Å². The van der Waals surface area contributed by atoms with Crippen molar-refractivity contribution in [2.45, 2.75) is 6.54 Å². The summed E-state index contributed by atoms with van der Waals surface area (Å²) >= 11 is 1.62. The van der Waals surface area contributed by atoms with Crippen molar-refractivity contribution in [2.75, 3.05) is 24.3 Å². The van der Waals surface area contributed by atoms with Gasteiger partial charge in [0, 0.05) is 37.9 Å². The van der Waals surface area contributed by atoms with E-state index in [2.05, 4.69) is 39.5 Å². The standard InChI is InChI=1S/C12H15N3S/c1-15(2)11-5-3-10(4-6-11)9-14-12-13-7-8-16-12/h3-8H,9H2,1-2H3,(H,13,14). The van der Waals surface area contributed by atoms with Gasteiger partial charge in [-0.15, -0.1) is 11.3 Å². The number of benzene rings is 1. The van der Waals surface area contributed by atoms with Gasteiger partial charge in [0.2, 0.25) is 0 Å². The minimum Gasteiger partial charge on any atom is -0.378 e. The second-order valence-electron chi connectivity index (χ2n) is 3.75. The van der Waals surface area contributed by atoms with Crippen LogP contribution < -0.4 is 10.2 Å². The molecule has 0 atom stereocenters. The van der Waals surface area contributed by atoms with Gasteiger partial charge in [-0.05, 0) is 17.7 Å². The van der Waals surface area contributed by atoms with E-state index in [4.69, 9.17) is 0 Å². The summed E-state index contributed by atoms with van der Waals surface area (Å²) in [6, 6.07) is 8.52. The van der Waals surface area contributed by atoms with Crippen LogP contribution in [-0.2, 0) is 6.54 Å². The van der Waals surface area contributed by atoms with Crippen LogP contribution in [0.5, 0.6) is 0 Å². The lowest BCUT2D eigenvalue weighted by Crippen LogP contribution is -2.08. The molecule has 0 fully saturated rings. The Morgan fingerprint density at radius 1 is 1.25 bits per heavy atom. The molecule has 0 aliphatic heterocycles. The van der Waals surface area contributed by atoms with Crippen molar-refractivity contribution in [1.82, 2.24) is 4.98 Å². The molecule has 16 heavy (non-hydrogen) atoms. The third kappa shape index (κ3) is 2.73. The number of thiazole rings is 1. The van der Waals surface area contributed by atoms with E-state index >= 15 is 0 Å². The molecule has 84 valence electrons. The zero-order chi connectivity index (χ0) is 11.4. The number of hydrogen-bond donors (Lipinski definition) is 1. The van der Waals surface area contributed by atoms with Gasteiger partial charge in [0.1, 0.15) is 0 Å². The van der Waals surface area contributed by atoms with Gasteiger partial charge < -0.3 is 10.2 Å². The molecular weight excluding hydrogens is 218 g/mol. The zero-order valence-electron chi connectivity index (χ0n) is 9.47. The van der Waals surface area contributed by atoms with E-state index in [9.17, 15) is 0 Å². The average Bonchev–Trinajstić information content (AvgIpc) is 2.80. The largest absolute Gasteiger partial charge is 0.378 e. The highest BCUT2D eigenvalue weighted by atomic mass is 32.1. The van der Waals surface area contributed by atoms with Crippen molar-refractivity contribution in [3.63, 3.8) is 0 Å². The third-order valence-electron chi connectivity index (χ3n) is 2.33. The van der Waals surface area contributed by atoms with Crippen LogP contribution in [0.1, 0.15) is 5.56 Å². The Labute approximate surface area is 99.8 Å². The Morgan fingerprint density at radius 2 is 2.00 bits per heavy atom. The smallest absolute Gasteiger partial charge is 0.182 e. The molecule has 1 aromatic heterocycles. The number of rotatable bonds is 4. The molecule has 0 bridgehead atoms. The number of aromatic nitrogens is 1. The van der Waals surface area contributed by atoms with E-state index in [-0.39, 0.29) is 0 Å². The molecular formula is C12H15N3S. The fourth-order valence-corrected chi connectivity index (χ4v) is 1.93. The van der Waals surface area contributed by atoms with Crippen LogP contribution in [0.3, 0.4) is 0 Å². The predicted octanol–water partition coefficient (Wildman–Crippen LogP) is 2.82. The number of hydrogen-bond acceptors (Lipinski definition) is 4. The molecule has 1 N–H and O–H groups in total. The maximum absolute atomic E-state index is 4.18. The van der Waals surface area contributed by atoms with Crippen molar-refractivity contribution in [3.8, 4) is 0 Å². The molecule has 0 unspecified atom stereocenters. The summed E-state index contributed by atoms with van der Waals surface area (Å²) in [4.78, 5) is 6.27. The van der Waals surface area contributed by atoms with E-state index in [0.717, 1.165) is 11.7 Å². The van der Waals surface area contributed by atoms with Gasteiger partial charge >= 0.3 is 0 Å². The molecule has 1 heterocycles. The molecule has 0 radical (unpaired) electrons. The van der Waals surface area contributed by atoms with Crippen LogP contribution in [0.2, 0.25) is 0 Å². The number of nitrogens with zero attached hydrogens (tertiary/aromatic N) is 2. The van der Waals surface area contributed by atoms with E-state index in [1.165, 1.54) is 11.3 Å². The summed E-state index contributed by atoms with van der Waals surface area (Å²) < 4.78 is 0. The lowest BCUT2D eigenvalue weighted by atomic mass is 10.2. The first-order valence-corrected chi connectivity index (χ1v) is 6.03. The lowest BCUT2D eigenvalue weighted by Gasteiger charge is -2.12. The number of anilines is 2. The van der Waals surface area contributed by atoms with Crippen molar-refractivity contribution < 1.29 is 0 Å². The molecule has 0 amide bonds. The lowest BCUT2D eigenvalue weighted by molar-refractivity contribution is 1.11. The summed E-state index contributed by atoms with van der Waals surface area (Å²) in [6.45, 7) is 0.821. The van der Waals surface area contributed by atoms with E-state index in [1.54, 1.807) is 11.3 Å². The van der Waals surface area contributed by atoms with Crippen LogP contribution in [0.4, 0.5) is 10.8 Å². The first kappa shape index (κ1) is 11.0. The Morgan fingerprint density at radius 3 is 2.56 bits per heavy atom. The van der Waals surface area contributed by atoms with Gasteiger partial charge in [-0.3, -0.25) is 0 Å². The van der Waals surface area contributed by atoms with Gasteiger partial charge in [-0.1, -0.05) is 12.1 Å². The molecule has 1 aromatic carbocycles. The molecule has 0 spiro atoms. The van der Waals surface area contributed by atoms with Gasteiger partial charge in [0.25, 0.3) is 0 Å². The average molecular weight is 233 g/mol. The summed E-state index contributed by atoms with van der Waals surface area (Å²) in [7, 11) is 4.09. The molecule has 4 heteroatoms. The maximum atomic E-state index is 4.18. The Hall–Kier alpha value is -1.55. The molecule has 3 nitrogen and oxygen atoms in total. The van der Waals surface area contributed by atoms with Gasteiger partial charge in [-0.25, -0.2) is 4.98 Å². The SMILES string of the molecule is CN(C)c1ccc(CNc2nccs2)cc1. The molecule has 2 aromatic rings. The fraction of sp³-hybridized carbons (Fsp3) is 0.250. The Bertz CT molecular complexity index is 420. The van der Waals surface area contributed by atoms with Gasteiger partial charge in [0.15, 0.2) is 5.13 Å². The minimum absolute atomic E-state index is 0.821. The second-order valence-corrected chi connectivity index (χ2v) is 4.65. The van der Waals surface area contributed by atoms with Crippen molar-refractivity contribution in [2.24, 2.45) is 0 Å². The van der Waals surface area contributed by atoms with Crippen molar-refractivity contribution >= 4 is 22.2 Å². The van der Waals surface area contributed by atoms with Crippen LogP contribution in [0.25, 0.3) is 0 Å². The highest BCUT2D eigenvalue weighted by molar-refractivity contribution is 7.13. The quantitative estimate of drug-likeness (QED) is 0.880. The topological polar surface area (TPSA) is 28.2 Å². The molecule has 0 aliphatic carbocycles. The summed E-state index contributed by atoms with van der Waals surface area (Å²) in [6.07, 6.45) is 1.81. The zero-order valence-corrected chi connectivity index (χ0v) is 10.3. The fourth-order valence-electron chi connectivity index (χ4n) is 1.40. The third-order valence-corrected chi connectivity index (χ3v) is 3.06. The molecule has 0 aliphatic rings.